The molecule has 0 amide bonds. The Morgan fingerprint density at radius 3 is 2.14 bits per heavy atom. The van der Waals surface area contributed by atoms with E-state index < -0.39 is 29.0 Å². The lowest BCUT2D eigenvalue weighted by atomic mass is 10.1. The second-order valence-electron chi connectivity index (χ2n) is 8.63. The summed E-state index contributed by atoms with van der Waals surface area (Å²) in [6, 6.07) is 28.6. The van der Waals surface area contributed by atoms with Crippen LogP contribution in [0.2, 0.25) is 0 Å². The highest BCUT2D eigenvalue weighted by atomic mass is 32.2. The van der Waals surface area contributed by atoms with E-state index in [0.717, 1.165) is 11.1 Å². The summed E-state index contributed by atoms with van der Waals surface area (Å²) in [5.74, 6) is -1.65. The molecule has 4 rings (SSSR count). The summed E-state index contributed by atoms with van der Waals surface area (Å²) in [5.41, 5.74) is 2.45. The zero-order chi connectivity index (χ0) is 26.3. The van der Waals surface area contributed by atoms with Gasteiger partial charge in [0.1, 0.15) is 11.5 Å². The van der Waals surface area contributed by atoms with Crippen LogP contribution in [0.5, 0.6) is 0 Å². The molecule has 0 spiro atoms. The van der Waals surface area contributed by atoms with Crippen molar-refractivity contribution in [3.63, 3.8) is 0 Å². The summed E-state index contributed by atoms with van der Waals surface area (Å²) in [5, 5.41) is 3.29. The first-order chi connectivity index (χ1) is 17.8. The zero-order valence-electron chi connectivity index (χ0n) is 20.8. The third-order valence-corrected chi connectivity index (χ3v) is 10.5. The van der Waals surface area contributed by atoms with Crippen LogP contribution in [0, 0.1) is 6.92 Å². The molecule has 37 heavy (non-hydrogen) atoms. The molecule has 0 saturated carbocycles. The van der Waals surface area contributed by atoms with Crippen LogP contribution in [0.15, 0.2) is 113 Å². The lowest BCUT2D eigenvalue weighted by molar-refractivity contribution is 0.312. The van der Waals surface area contributed by atoms with Crippen LogP contribution in [-0.2, 0) is 25.5 Å². The van der Waals surface area contributed by atoms with Gasteiger partial charge in [0.25, 0.3) is 0 Å². The SMILES string of the molecule is CCOP(=O)([C@H](Cc1ccccc1)NS(=O)(=O)c1ccc(C)cc1)[C@@H](Nc1ccccc1)c1ccco1. The Morgan fingerprint density at radius 1 is 0.892 bits per heavy atom. The second-order valence-corrected chi connectivity index (χ2v) is 13.0. The molecule has 3 aromatic carbocycles. The van der Waals surface area contributed by atoms with Crippen molar-refractivity contribution < 1.29 is 21.9 Å². The highest BCUT2D eigenvalue weighted by Gasteiger charge is 2.46. The van der Waals surface area contributed by atoms with Crippen molar-refractivity contribution >= 4 is 23.1 Å². The van der Waals surface area contributed by atoms with E-state index in [2.05, 4.69) is 10.0 Å². The monoisotopic (exact) mass is 538 g/mol. The molecule has 0 radical (unpaired) electrons. The molecular weight excluding hydrogens is 507 g/mol. The molecule has 0 aliphatic rings. The van der Waals surface area contributed by atoms with E-state index >= 15 is 4.57 Å². The Hall–Kier alpha value is -3.16. The number of hydrogen-bond donors (Lipinski definition) is 2. The Labute approximate surface area is 218 Å². The molecule has 9 heteroatoms. The van der Waals surface area contributed by atoms with Crippen LogP contribution >= 0.6 is 7.37 Å². The third-order valence-electron chi connectivity index (χ3n) is 5.91. The number of aryl methyl sites for hydroxylation is 1. The maximum absolute atomic E-state index is 15.0. The van der Waals surface area contributed by atoms with E-state index in [1.165, 1.54) is 18.4 Å². The van der Waals surface area contributed by atoms with Gasteiger partial charge in [-0.1, -0.05) is 66.2 Å². The van der Waals surface area contributed by atoms with Crippen molar-refractivity contribution in [3.05, 3.63) is 120 Å². The van der Waals surface area contributed by atoms with Crippen LogP contribution in [0.25, 0.3) is 0 Å². The van der Waals surface area contributed by atoms with E-state index in [9.17, 15) is 8.42 Å². The van der Waals surface area contributed by atoms with Crippen molar-refractivity contribution in [2.45, 2.75) is 36.7 Å². The minimum absolute atomic E-state index is 0.0878. The molecule has 0 aliphatic carbocycles. The molecule has 3 atom stereocenters. The minimum atomic E-state index is -4.03. The lowest BCUT2D eigenvalue weighted by Gasteiger charge is -2.34. The van der Waals surface area contributed by atoms with Gasteiger partial charge in [-0.3, -0.25) is 4.57 Å². The average molecular weight is 539 g/mol. The quantitative estimate of drug-likeness (QED) is 0.198. The van der Waals surface area contributed by atoms with E-state index in [1.54, 1.807) is 31.2 Å². The van der Waals surface area contributed by atoms with Crippen LogP contribution in [0.1, 0.15) is 29.6 Å². The van der Waals surface area contributed by atoms with Crippen LogP contribution in [-0.4, -0.2) is 20.8 Å². The number of benzene rings is 3. The van der Waals surface area contributed by atoms with Crippen LogP contribution in [0.3, 0.4) is 0 Å². The molecule has 1 heterocycles. The first kappa shape index (κ1) is 26.9. The maximum Gasteiger partial charge on any atom is 0.250 e. The van der Waals surface area contributed by atoms with Crippen molar-refractivity contribution in [1.29, 1.82) is 0 Å². The summed E-state index contributed by atoms with van der Waals surface area (Å²) in [6.07, 6.45) is 1.64. The molecule has 1 aromatic heterocycles. The van der Waals surface area contributed by atoms with Crippen molar-refractivity contribution in [1.82, 2.24) is 4.72 Å². The van der Waals surface area contributed by atoms with Gasteiger partial charge in [0.05, 0.1) is 17.8 Å². The molecule has 2 N–H and O–H groups in total. The Morgan fingerprint density at radius 2 is 1.54 bits per heavy atom. The molecule has 0 saturated heterocycles. The number of furan rings is 1. The summed E-state index contributed by atoms with van der Waals surface area (Å²) < 4.78 is 56.5. The van der Waals surface area contributed by atoms with Gasteiger partial charge >= 0.3 is 0 Å². The molecule has 194 valence electrons. The molecule has 7 nitrogen and oxygen atoms in total. The van der Waals surface area contributed by atoms with E-state index in [0.29, 0.717) is 11.4 Å². The molecule has 4 aromatic rings. The van der Waals surface area contributed by atoms with Crippen molar-refractivity contribution in [2.75, 3.05) is 11.9 Å². The van der Waals surface area contributed by atoms with Crippen molar-refractivity contribution in [2.24, 2.45) is 0 Å². The number of nitrogens with one attached hydrogen (secondary N) is 2. The Kier molecular flexibility index (Phi) is 8.67. The highest BCUT2D eigenvalue weighted by Crippen LogP contribution is 2.63. The van der Waals surface area contributed by atoms with Gasteiger partial charge in [-0.05, 0) is 62.2 Å². The number of rotatable bonds is 12. The van der Waals surface area contributed by atoms with Gasteiger partial charge in [-0.15, -0.1) is 0 Å². The number of para-hydroxylation sites is 1. The van der Waals surface area contributed by atoms with E-state index in [4.69, 9.17) is 8.94 Å². The maximum atomic E-state index is 15.0. The Bertz CT molecular complexity index is 1410. The van der Waals surface area contributed by atoms with Gasteiger partial charge in [-0.25, -0.2) is 8.42 Å². The topological polar surface area (TPSA) is 97.6 Å². The van der Waals surface area contributed by atoms with Gasteiger partial charge in [0.2, 0.25) is 17.4 Å². The normalized spacial score (nSPS) is 15.0. The largest absolute Gasteiger partial charge is 0.467 e. The van der Waals surface area contributed by atoms with E-state index in [-0.39, 0.29) is 17.9 Å². The fraction of sp³-hybridized carbons (Fsp3) is 0.214. The third kappa shape index (κ3) is 6.59. The minimum Gasteiger partial charge on any atom is -0.467 e. The summed E-state index contributed by atoms with van der Waals surface area (Å²) in [4.78, 5) is 0.0878. The summed E-state index contributed by atoms with van der Waals surface area (Å²) in [7, 11) is -7.91. The smallest absolute Gasteiger partial charge is 0.250 e. The van der Waals surface area contributed by atoms with Crippen LogP contribution < -0.4 is 10.0 Å². The zero-order valence-corrected chi connectivity index (χ0v) is 22.5. The average Bonchev–Trinajstić information content (AvgIpc) is 3.43. The van der Waals surface area contributed by atoms with Crippen molar-refractivity contribution in [3.8, 4) is 0 Å². The second kappa shape index (κ2) is 11.9. The number of anilines is 1. The fourth-order valence-electron chi connectivity index (χ4n) is 4.07. The number of hydrogen-bond acceptors (Lipinski definition) is 6. The lowest BCUT2D eigenvalue weighted by Crippen LogP contribution is -2.39. The first-order valence-corrected chi connectivity index (χ1v) is 15.3. The fourth-order valence-corrected chi connectivity index (χ4v) is 8.53. The van der Waals surface area contributed by atoms with Gasteiger partial charge < -0.3 is 14.3 Å². The number of sulfonamides is 1. The van der Waals surface area contributed by atoms with Crippen LogP contribution in [0.4, 0.5) is 5.69 Å². The van der Waals surface area contributed by atoms with Gasteiger partial charge in [0, 0.05) is 5.69 Å². The summed E-state index contributed by atoms with van der Waals surface area (Å²) >= 11 is 0. The van der Waals surface area contributed by atoms with Gasteiger partial charge in [-0.2, -0.15) is 4.72 Å². The predicted octanol–water partition coefficient (Wildman–Crippen LogP) is 6.56. The molecule has 0 aliphatic heterocycles. The van der Waals surface area contributed by atoms with E-state index in [1.807, 2.05) is 67.6 Å². The Balaban J connectivity index is 1.81. The molecule has 0 fully saturated rings. The predicted molar refractivity (Wildman–Crippen MR) is 146 cm³/mol. The van der Waals surface area contributed by atoms with Gasteiger partial charge in [0.15, 0.2) is 5.78 Å². The summed E-state index contributed by atoms with van der Waals surface area (Å²) in [6.45, 7) is 3.74. The standard InChI is InChI=1S/C28H31N2O5PS/c1-3-35-36(31,28(26-15-10-20-34-26)29-24-13-8-5-9-14-24)27(21-23-11-6-4-7-12-23)30-37(32,33)25-18-16-22(2)17-19-25/h4-20,27-30H,3,21H2,1-2H3/t27-,28-,36?/m1/s1. The molecular formula is C28H31N2O5PS. The molecule has 0 bridgehead atoms. The highest BCUT2D eigenvalue weighted by molar-refractivity contribution is 7.90. The molecule has 1 unspecified atom stereocenters. The first-order valence-electron chi connectivity index (χ1n) is 12.0.